The van der Waals surface area contributed by atoms with Crippen molar-refractivity contribution in [3.63, 3.8) is 0 Å². The van der Waals surface area contributed by atoms with Crippen molar-refractivity contribution in [3.8, 4) is 0 Å². The summed E-state index contributed by atoms with van der Waals surface area (Å²) in [5, 5.41) is 3.34. The number of piperidine rings is 1. The molecule has 1 N–H and O–H groups in total. The zero-order valence-electron chi connectivity index (χ0n) is 12.7. The van der Waals surface area contributed by atoms with E-state index in [0.29, 0.717) is 11.0 Å². The van der Waals surface area contributed by atoms with Crippen molar-refractivity contribution in [2.45, 2.75) is 45.1 Å². The zero-order chi connectivity index (χ0) is 15.2. The SMILES string of the molecule is CC(C)(C)c1nc2cc(F)c(F)cc2n1C1CCNCC1. The van der Waals surface area contributed by atoms with Gasteiger partial charge in [0.2, 0.25) is 0 Å². The van der Waals surface area contributed by atoms with Gasteiger partial charge in [0.1, 0.15) is 5.82 Å². The lowest BCUT2D eigenvalue weighted by Gasteiger charge is -2.29. The molecular weight excluding hydrogens is 272 g/mol. The van der Waals surface area contributed by atoms with E-state index in [9.17, 15) is 8.78 Å². The molecule has 21 heavy (non-hydrogen) atoms. The van der Waals surface area contributed by atoms with Crippen LogP contribution in [0.15, 0.2) is 12.1 Å². The predicted octanol–water partition coefficient (Wildman–Crippen LogP) is 3.54. The van der Waals surface area contributed by atoms with Crippen LogP contribution in [0.4, 0.5) is 8.78 Å². The number of imidazole rings is 1. The average Bonchev–Trinajstić information content (AvgIpc) is 2.79. The van der Waals surface area contributed by atoms with Gasteiger partial charge in [-0.25, -0.2) is 13.8 Å². The molecule has 0 bridgehead atoms. The summed E-state index contributed by atoms with van der Waals surface area (Å²) in [7, 11) is 0. The summed E-state index contributed by atoms with van der Waals surface area (Å²) in [5.74, 6) is -0.745. The number of benzene rings is 1. The summed E-state index contributed by atoms with van der Waals surface area (Å²) in [6.07, 6.45) is 1.96. The van der Waals surface area contributed by atoms with E-state index in [0.717, 1.165) is 31.8 Å². The number of nitrogens with zero attached hydrogens (tertiary/aromatic N) is 2. The highest BCUT2D eigenvalue weighted by Gasteiger charge is 2.28. The second kappa shape index (κ2) is 5.05. The lowest BCUT2D eigenvalue weighted by molar-refractivity contribution is 0.350. The van der Waals surface area contributed by atoms with Gasteiger partial charge in [-0.15, -0.1) is 0 Å². The average molecular weight is 293 g/mol. The number of halogens is 2. The number of fused-ring (bicyclic) bond motifs is 1. The van der Waals surface area contributed by atoms with E-state index in [1.165, 1.54) is 12.1 Å². The Bertz CT molecular complexity index is 664. The molecule has 0 aliphatic carbocycles. The van der Waals surface area contributed by atoms with Gasteiger partial charge in [0.15, 0.2) is 11.6 Å². The molecule has 3 nitrogen and oxygen atoms in total. The fraction of sp³-hybridized carbons (Fsp3) is 0.562. The molecule has 5 heteroatoms. The molecule has 0 amide bonds. The summed E-state index contributed by atoms with van der Waals surface area (Å²) in [6.45, 7) is 8.13. The lowest BCUT2D eigenvalue weighted by Crippen LogP contribution is -2.32. The van der Waals surface area contributed by atoms with E-state index in [4.69, 9.17) is 0 Å². The number of aromatic nitrogens is 2. The molecule has 2 aromatic rings. The highest BCUT2D eigenvalue weighted by Crippen LogP contribution is 2.33. The standard InChI is InChI=1S/C16H21F2N3/c1-16(2,3)15-20-13-8-11(17)12(18)9-14(13)21(15)10-4-6-19-7-5-10/h8-10,19H,4-7H2,1-3H3. The fourth-order valence-corrected chi connectivity index (χ4v) is 3.05. The molecule has 0 atom stereocenters. The van der Waals surface area contributed by atoms with Crippen LogP contribution in [0, 0.1) is 11.6 Å². The molecule has 0 spiro atoms. The first-order chi connectivity index (χ1) is 9.88. The first-order valence-electron chi connectivity index (χ1n) is 7.46. The van der Waals surface area contributed by atoms with Crippen molar-refractivity contribution in [2.75, 3.05) is 13.1 Å². The summed E-state index contributed by atoms with van der Waals surface area (Å²) in [4.78, 5) is 4.60. The molecule has 0 radical (unpaired) electrons. The zero-order valence-corrected chi connectivity index (χ0v) is 12.7. The molecule has 114 valence electrons. The lowest BCUT2D eigenvalue weighted by atomic mass is 9.94. The third-order valence-corrected chi connectivity index (χ3v) is 4.08. The first kappa shape index (κ1) is 14.4. The van der Waals surface area contributed by atoms with Crippen LogP contribution in [0.5, 0.6) is 0 Å². The summed E-state index contributed by atoms with van der Waals surface area (Å²) >= 11 is 0. The van der Waals surface area contributed by atoms with Crippen LogP contribution in [0.25, 0.3) is 11.0 Å². The van der Waals surface area contributed by atoms with Gasteiger partial charge in [-0.1, -0.05) is 20.8 Å². The van der Waals surface area contributed by atoms with E-state index < -0.39 is 11.6 Å². The Hall–Kier alpha value is -1.49. The molecule has 0 unspecified atom stereocenters. The monoisotopic (exact) mass is 293 g/mol. The van der Waals surface area contributed by atoms with Gasteiger partial charge in [0.05, 0.1) is 11.0 Å². The number of nitrogens with one attached hydrogen (secondary N) is 1. The Morgan fingerprint density at radius 2 is 1.76 bits per heavy atom. The third kappa shape index (κ3) is 2.55. The maximum Gasteiger partial charge on any atom is 0.161 e. The molecule has 2 heterocycles. The maximum atomic E-state index is 13.7. The van der Waals surface area contributed by atoms with E-state index in [1.54, 1.807) is 0 Å². The van der Waals surface area contributed by atoms with Gasteiger partial charge in [-0.2, -0.15) is 0 Å². The van der Waals surface area contributed by atoms with Crippen LogP contribution in [-0.2, 0) is 5.41 Å². The van der Waals surface area contributed by atoms with Crippen LogP contribution >= 0.6 is 0 Å². The van der Waals surface area contributed by atoms with Crippen molar-refractivity contribution in [2.24, 2.45) is 0 Å². The molecule has 3 rings (SSSR count). The fourth-order valence-electron chi connectivity index (χ4n) is 3.05. The van der Waals surface area contributed by atoms with Crippen molar-refractivity contribution in [1.29, 1.82) is 0 Å². The summed E-state index contributed by atoms with van der Waals surface area (Å²) in [6, 6.07) is 2.78. The minimum absolute atomic E-state index is 0.170. The highest BCUT2D eigenvalue weighted by atomic mass is 19.2. The molecule has 1 aliphatic heterocycles. The number of hydrogen-bond donors (Lipinski definition) is 1. The molecule has 1 aromatic carbocycles. The van der Waals surface area contributed by atoms with Crippen molar-refractivity contribution in [3.05, 3.63) is 29.6 Å². The van der Waals surface area contributed by atoms with Crippen LogP contribution in [0.3, 0.4) is 0 Å². The summed E-state index contributed by atoms with van der Waals surface area (Å²) < 4.78 is 29.3. The topological polar surface area (TPSA) is 29.9 Å². The Morgan fingerprint density at radius 1 is 1.14 bits per heavy atom. The first-order valence-corrected chi connectivity index (χ1v) is 7.46. The number of hydrogen-bond acceptors (Lipinski definition) is 2. The molecule has 1 saturated heterocycles. The normalized spacial score (nSPS) is 17.6. The Morgan fingerprint density at radius 3 is 2.38 bits per heavy atom. The second-order valence-corrected chi connectivity index (χ2v) is 6.79. The minimum atomic E-state index is -0.835. The minimum Gasteiger partial charge on any atom is -0.324 e. The summed E-state index contributed by atoms with van der Waals surface area (Å²) in [5.41, 5.74) is 1.07. The van der Waals surface area contributed by atoms with Crippen LogP contribution in [0.1, 0.15) is 45.5 Å². The van der Waals surface area contributed by atoms with Gasteiger partial charge in [-0.3, -0.25) is 0 Å². The molecule has 1 aromatic heterocycles. The Kier molecular flexibility index (Phi) is 3.48. The second-order valence-electron chi connectivity index (χ2n) is 6.79. The smallest absolute Gasteiger partial charge is 0.161 e. The third-order valence-electron chi connectivity index (χ3n) is 4.08. The van der Waals surface area contributed by atoms with Gasteiger partial charge in [0, 0.05) is 23.6 Å². The van der Waals surface area contributed by atoms with Gasteiger partial charge in [-0.05, 0) is 25.9 Å². The van der Waals surface area contributed by atoms with Crippen molar-refractivity contribution >= 4 is 11.0 Å². The van der Waals surface area contributed by atoms with Crippen LogP contribution in [0.2, 0.25) is 0 Å². The van der Waals surface area contributed by atoms with Gasteiger partial charge in [0.25, 0.3) is 0 Å². The van der Waals surface area contributed by atoms with Crippen LogP contribution in [-0.4, -0.2) is 22.6 Å². The maximum absolute atomic E-state index is 13.7. The largest absolute Gasteiger partial charge is 0.324 e. The van der Waals surface area contributed by atoms with E-state index in [1.807, 2.05) is 0 Å². The Labute approximate surface area is 123 Å². The molecule has 1 aliphatic rings. The molecule has 0 saturated carbocycles. The van der Waals surface area contributed by atoms with E-state index >= 15 is 0 Å². The van der Waals surface area contributed by atoms with Crippen molar-refractivity contribution < 1.29 is 8.78 Å². The van der Waals surface area contributed by atoms with E-state index in [-0.39, 0.29) is 11.5 Å². The van der Waals surface area contributed by atoms with Crippen LogP contribution < -0.4 is 5.32 Å². The van der Waals surface area contributed by atoms with E-state index in [2.05, 4.69) is 35.6 Å². The molecule has 1 fully saturated rings. The predicted molar refractivity (Wildman–Crippen MR) is 79.5 cm³/mol. The number of rotatable bonds is 1. The van der Waals surface area contributed by atoms with Gasteiger partial charge < -0.3 is 9.88 Å². The quantitative estimate of drug-likeness (QED) is 0.871. The van der Waals surface area contributed by atoms with Gasteiger partial charge >= 0.3 is 0 Å². The molecular formula is C16H21F2N3. The highest BCUT2D eigenvalue weighted by molar-refractivity contribution is 5.76. The Balaban J connectivity index is 2.24. The van der Waals surface area contributed by atoms with Crippen molar-refractivity contribution in [1.82, 2.24) is 14.9 Å².